The predicted octanol–water partition coefficient (Wildman–Crippen LogP) is 1.22. The van der Waals surface area contributed by atoms with Gasteiger partial charge in [-0.2, -0.15) is 5.10 Å². The minimum Gasteiger partial charge on any atom is -0.355 e. The van der Waals surface area contributed by atoms with Crippen molar-refractivity contribution in [1.82, 2.24) is 25.7 Å². The van der Waals surface area contributed by atoms with Crippen molar-refractivity contribution in [1.29, 1.82) is 0 Å². The zero-order chi connectivity index (χ0) is 15.9. The van der Waals surface area contributed by atoms with Crippen molar-refractivity contribution in [2.45, 2.75) is 18.9 Å². The summed E-state index contributed by atoms with van der Waals surface area (Å²) in [5.41, 5.74) is 0.560. The van der Waals surface area contributed by atoms with Gasteiger partial charge in [-0.25, -0.2) is 0 Å². The average Bonchev–Trinajstić information content (AvgIpc) is 2.54. The van der Waals surface area contributed by atoms with Crippen LogP contribution in [0.1, 0.15) is 23.2 Å². The van der Waals surface area contributed by atoms with E-state index in [0.717, 1.165) is 38.3 Å². The number of anilines is 1. The Morgan fingerprint density at radius 3 is 2.48 bits per heavy atom. The Bertz CT molecular complexity index is 500. The number of rotatable bonds is 6. The van der Waals surface area contributed by atoms with Crippen LogP contribution in [0.15, 0.2) is 12.3 Å². The molecule has 146 valence electrons. The van der Waals surface area contributed by atoms with Gasteiger partial charge in [-0.15, -0.1) is 42.3 Å². The average molecular weight is 416 g/mol. The quantitative estimate of drug-likeness (QED) is 0.728. The molecule has 2 rings (SSSR count). The number of nitrogens with one attached hydrogen (secondary N) is 2. The standard InChI is InChI=1S/C15H26N6O.3ClH/c1-20(2)9-8-17-15(22)12-10-14(19-18-11-12)21(3)13-4-6-16-7-5-13;;;/h10-11,13,16H,4-9H2,1-3H3,(H,17,22);3*1H. The highest BCUT2D eigenvalue weighted by atomic mass is 35.5. The Morgan fingerprint density at radius 1 is 1.24 bits per heavy atom. The van der Waals surface area contributed by atoms with Gasteiger partial charge in [-0.3, -0.25) is 4.79 Å². The minimum atomic E-state index is -0.100. The summed E-state index contributed by atoms with van der Waals surface area (Å²) >= 11 is 0. The number of aromatic nitrogens is 2. The topological polar surface area (TPSA) is 73.4 Å². The molecular formula is C15H29Cl3N6O. The van der Waals surface area contributed by atoms with E-state index in [1.165, 1.54) is 6.20 Å². The molecule has 0 unspecified atom stereocenters. The van der Waals surface area contributed by atoms with Crippen LogP contribution < -0.4 is 15.5 Å². The van der Waals surface area contributed by atoms with Gasteiger partial charge in [0.15, 0.2) is 5.82 Å². The van der Waals surface area contributed by atoms with Crippen LogP contribution in [0.25, 0.3) is 0 Å². The summed E-state index contributed by atoms with van der Waals surface area (Å²) < 4.78 is 0. The SMILES string of the molecule is CN(C)CCNC(=O)c1cnnc(N(C)C2CCNCC2)c1.Cl.Cl.Cl. The fraction of sp³-hybridized carbons (Fsp3) is 0.667. The molecule has 0 saturated carbocycles. The molecule has 0 atom stereocenters. The molecule has 0 aliphatic carbocycles. The summed E-state index contributed by atoms with van der Waals surface area (Å²) in [5.74, 6) is 0.656. The molecule has 1 aliphatic rings. The molecule has 7 nitrogen and oxygen atoms in total. The Balaban J connectivity index is 0. The molecule has 1 saturated heterocycles. The van der Waals surface area contributed by atoms with Gasteiger partial charge in [0.1, 0.15) is 0 Å². The van der Waals surface area contributed by atoms with E-state index >= 15 is 0 Å². The zero-order valence-corrected chi connectivity index (χ0v) is 17.3. The smallest absolute Gasteiger partial charge is 0.253 e. The zero-order valence-electron chi connectivity index (χ0n) is 14.9. The summed E-state index contributed by atoms with van der Waals surface area (Å²) in [6.07, 6.45) is 3.68. The number of amides is 1. The monoisotopic (exact) mass is 414 g/mol. The number of nitrogens with zero attached hydrogens (tertiary/aromatic N) is 4. The van der Waals surface area contributed by atoms with E-state index in [4.69, 9.17) is 0 Å². The lowest BCUT2D eigenvalue weighted by molar-refractivity contribution is 0.0950. The molecule has 0 bridgehead atoms. The van der Waals surface area contributed by atoms with Crippen LogP contribution in [-0.2, 0) is 0 Å². The van der Waals surface area contributed by atoms with Crippen molar-refractivity contribution in [3.63, 3.8) is 0 Å². The summed E-state index contributed by atoms with van der Waals surface area (Å²) in [6.45, 7) is 3.47. The maximum atomic E-state index is 12.2. The highest BCUT2D eigenvalue weighted by Gasteiger charge is 2.20. The minimum absolute atomic E-state index is 0. The number of hydrogen-bond acceptors (Lipinski definition) is 6. The first kappa shape index (κ1) is 26.4. The van der Waals surface area contributed by atoms with E-state index in [-0.39, 0.29) is 43.1 Å². The number of piperidine rings is 1. The van der Waals surface area contributed by atoms with Crippen LogP contribution in [-0.4, -0.2) is 74.4 Å². The third kappa shape index (κ3) is 8.37. The molecular weight excluding hydrogens is 387 g/mol. The highest BCUT2D eigenvalue weighted by Crippen LogP contribution is 2.17. The first-order chi connectivity index (χ1) is 10.6. The Morgan fingerprint density at radius 2 is 1.88 bits per heavy atom. The first-order valence-corrected chi connectivity index (χ1v) is 7.77. The lowest BCUT2D eigenvalue weighted by Gasteiger charge is -2.32. The van der Waals surface area contributed by atoms with Gasteiger partial charge in [-0.1, -0.05) is 0 Å². The molecule has 0 aromatic carbocycles. The van der Waals surface area contributed by atoms with Crippen LogP contribution in [0.3, 0.4) is 0 Å². The molecule has 10 heteroatoms. The summed E-state index contributed by atoms with van der Waals surface area (Å²) in [4.78, 5) is 16.3. The van der Waals surface area contributed by atoms with E-state index in [9.17, 15) is 4.79 Å². The second-order valence-corrected chi connectivity index (χ2v) is 5.95. The number of hydrogen-bond donors (Lipinski definition) is 2. The summed E-state index contributed by atoms with van der Waals surface area (Å²) in [7, 11) is 5.98. The second kappa shape index (κ2) is 13.4. The van der Waals surface area contributed by atoms with Crippen LogP contribution in [0, 0.1) is 0 Å². The third-order valence-electron chi connectivity index (χ3n) is 3.97. The van der Waals surface area contributed by atoms with Crippen molar-refractivity contribution < 1.29 is 4.79 Å². The Hall–Kier alpha value is -0.860. The molecule has 25 heavy (non-hydrogen) atoms. The van der Waals surface area contributed by atoms with E-state index in [2.05, 4.69) is 25.7 Å². The number of carbonyl (C=O) groups is 1. The van der Waals surface area contributed by atoms with E-state index in [1.807, 2.05) is 32.1 Å². The predicted molar refractivity (Wildman–Crippen MR) is 109 cm³/mol. The van der Waals surface area contributed by atoms with Crippen LogP contribution in [0.5, 0.6) is 0 Å². The molecule has 2 N–H and O–H groups in total. The number of carbonyl (C=O) groups excluding carboxylic acids is 1. The van der Waals surface area contributed by atoms with Crippen LogP contribution in [0.2, 0.25) is 0 Å². The summed E-state index contributed by atoms with van der Waals surface area (Å²) in [6, 6.07) is 2.27. The van der Waals surface area contributed by atoms with Gasteiger partial charge in [-0.05, 0) is 46.1 Å². The van der Waals surface area contributed by atoms with Gasteiger partial charge in [0.25, 0.3) is 5.91 Å². The first-order valence-electron chi connectivity index (χ1n) is 7.77. The van der Waals surface area contributed by atoms with Crippen molar-refractivity contribution >= 4 is 48.9 Å². The van der Waals surface area contributed by atoms with E-state index < -0.39 is 0 Å². The largest absolute Gasteiger partial charge is 0.355 e. The normalized spacial score (nSPS) is 13.9. The van der Waals surface area contributed by atoms with Gasteiger partial charge >= 0.3 is 0 Å². The molecule has 1 aromatic heterocycles. The maximum absolute atomic E-state index is 12.2. The van der Waals surface area contributed by atoms with Gasteiger partial charge in [0, 0.05) is 26.2 Å². The molecule has 0 spiro atoms. The fourth-order valence-corrected chi connectivity index (χ4v) is 2.53. The van der Waals surface area contributed by atoms with Gasteiger partial charge < -0.3 is 20.4 Å². The highest BCUT2D eigenvalue weighted by molar-refractivity contribution is 5.94. The second-order valence-electron chi connectivity index (χ2n) is 5.95. The van der Waals surface area contributed by atoms with Crippen molar-refractivity contribution in [2.24, 2.45) is 0 Å². The van der Waals surface area contributed by atoms with Crippen molar-refractivity contribution in [3.05, 3.63) is 17.8 Å². The fourth-order valence-electron chi connectivity index (χ4n) is 2.53. The summed E-state index contributed by atoms with van der Waals surface area (Å²) in [5, 5.41) is 14.4. The maximum Gasteiger partial charge on any atom is 0.253 e. The third-order valence-corrected chi connectivity index (χ3v) is 3.97. The van der Waals surface area contributed by atoms with Crippen molar-refractivity contribution in [3.8, 4) is 0 Å². The Labute approximate surface area is 168 Å². The lowest BCUT2D eigenvalue weighted by Crippen LogP contribution is -2.41. The molecule has 1 aromatic rings. The van der Waals surface area contributed by atoms with Gasteiger partial charge in [0.2, 0.25) is 0 Å². The van der Waals surface area contributed by atoms with E-state index in [1.54, 1.807) is 0 Å². The lowest BCUT2D eigenvalue weighted by atomic mass is 10.1. The number of likely N-dealkylation sites (N-methyl/N-ethyl adjacent to an activating group) is 1. The van der Waals surface area contributed by atoms with Crippen LogP contribution >= 0.6 is 37.2 Å². The molecule has 0 radical (unpaired) electrons. The van der Waals surface area contributed by atoms with Gasteiger partial charge in [0.05, 0.1) is 11.8 Å². The Kier molecular flexibility index (Phi) is 14.1. The van der Waals surface area contributed by atoms with Crippen molar-refractivity contribution in [2.75, 3.05) is 52.2 Å². The molecule has 1 fully saturated rings. The number of halogens is 3. The molecule has 1 amide bonds. The van der Waals surface area contributed by atoms with E-state index in [0.29, 0.717) is 18.2 Å². The molecule has 1 aliphatic heterocycles. The molecule has 2 heterocycles. The van der Waals surface area contributed by atoms with Crippen LogP contribution in [0.4, 0.5) is 5.82 Å².